The summed E-state index contributed by atoms with van der Waals surface area (Å²) in [4.78, 5) is 23.3. The average Bonchev–Trinajstić information content (AvgIpc) is 2.15. The second kappa shape index (κ2) is 7.27. The van der Waals surface area contributed by atoms with Gasteiger partial charge in [0.05, 0.1) is 12.1 Å². The van der Waals surface area contributed by atoms with Gasteiger partial charge in [-0.2, -0.15) is 0 Å². The fourth-order valence-electron chi connectivity index (χ4n) is 1.35. The van der Waals surface area contributed by atoms with Crippen LogP contribution in [0.25, 0.3) is 0 Å². The van der Waals surface area contributed by atoms with E-state index >= 15 is 0 Å². The summed E-state index contributed by atoms with van der Waals surface area (Å²) in [7, 11) is 0. The van der Waals surface area contributed by atoms with Gasteiger partial charge in [-0.3, -0.25) is 14.9 Å². The summed E-state index contributed by atoms with van der Waals surface area (Å²) in [5, 5.41) is 8.55. The lowest BCUT2D eigenvalue weighted by Crippen LogP contribution is -2.52. The molecule has 2 amide bonds. The average molecular weight is 243 g/mol. The van der Waals surface area contributed by atoms with Gasteiger partial charge in [-0.1, -0.05) is 0 Å². The van der Waals surface area contributed by atoms with E-state index in [1.807, 2.05) is 27.7 Å². The van der Waals surface area contributed by atoms with E-state index in [0.29, 0.717) is 0 Å². The minimum atomic E-state index is -0.384. The van der Waals surface area contributed by atoms with Gasteiger partial charge in [0.25, 0.3) is 0 Å². The summed E-state index contributed by atoms with van der Waals surface area (Å²) in [6.45, 7) is 11.1. The molecule has 17 heavy (non-hydrogen) atoms. The van der Waals surface area contributed by atoms with Gasteiger partial charge in [-0.05, 0) is 41.5 Å². The van der Waals surface area contributed by atoms with Crippen LogP contribution in [0.15, 0.2) is 0 Å². The van der Waals surface area contributed by atoms with Crippen LogP contribution in [-0.4, -0.2) is 36.0 Å². The van der Waals surface area contributed by atoms with E-state index in [9.17, 15) is 9.59 Å². The quantitative estimate of drug-likeness (QED) is 0.632. The van der Waals surface area contributed by atoms with Gasteiger partial charge in [0.15, 0.2) is 0 Å². The zero-order valence-corrected chi connectivity index (χ0v) is 11.6. The first-order valence-electron chi connectivity index (χ1n) is 6.10. The first-order valence-corrected chi connectivity index (χ1v) is 6.10. The molecular weight excluding hydrogens is 218 g/mol. The zero-order valence-electron chi connectivity index (χ0n) is 11.6. The molecule has 0 aromatic carbocycles. The predicted molar refractivity (Wildman–Crippen MR) is 68.6 cm³/mol. The Morgan fingerprint density at radius 2 is 1.00 bits per heavy atom. The van der Waals surface area contributed by atoms with Crippen LogP contribution in [0.2, 0.25) is 0 Å². The Morgan fingerprint density at radius 1 is 0.706 bits per heavy atom. The van der Waals surface area contributed by atoms with Crippen LogP contribution in [0.4, 0.5) is 0 Å². The molecule has 0 aliphatic rings. The minimum absolute atomic E-state index is 0.0933. The molecule has 0 aliphatic carbocycles. The molecular formula is C12H25N3O2. The number of amides is 2. The minimum Gasteiger partial charge on any atom is -0.353 e. The van der Waals surface area contributed by atoms with Crippen LogP contribution < -0.4 is 16.0 Å². The Labute approximate surface area is 104 Å². The van der Waals surface area contributed by atoms with Crippen LogP contribution in [-0.2, 0) is 9.59 Å². The lowest BCUT2D eigenvalue weighted by atomic mass is 10.2. The highest BCUT2D eigenvalue weighted by Crippen LogP contribution is 1.91. The van der Waals surface area contributed by atoms with Gasteiger partial charge in [0, 0.05) is 12.1 Å². The van der Waals surface area contributed by atoms with Crippen molar-refractivity contribution in [3.63, 3.8) is 0 Å². The van der Waals surface area contributed by atoms with Gasteiger partial charge < -0.3 is 10.6 Å². The lowest BCUT2D eigenvalue weighted by Gasteiger charge is -2.21. The SMILES string of the molecule is CC(C)NC(=O)C(C)NC(C)C(=O)NC(C)C. The Balaban J connectivity index is 4.14. The third kappa shape index (κ3) is 6.94. The van der Waals surface area contributed by atoms with E-state index in [-0.39, 0.29) is 36.0 Å². The second-order valence-electron chi connectivity index (χ2n) is 4.94. The topological polar surface area (TPSA) is 70.2 Å². The molecule has 0 radical (unpaired) electrons. The van der Waals surface area contributed by atoms with Crippen LogP contribution >= 0.6 is 0 Å². The van der Waals surface area contributed by atoms with Gasteiger partial charge in [0.2, 0.25) is 11.8 Å². The number of hydrogen-bond donors (Lipinski definition) is 3. The Morgan fingerprint density at radius 3 is 1.24 bits per heavy atom. The number of hydrogen-bond acceptors (Lipinski definition) is 3. The van der Waals surface area contributed by atoms with E-state index < -0.39 is 0 Å². The van der Waals surface area contributed by atoms with Crippen molar-refractivity contribution in [3.8, 4) is 0 Å². The van der Waals surface area contributed by atoms with E-state index in [2.05, 4.69) is 16.0 Å². The van der Waals surface area contributed by atoms with Crippen LogP contribution in [0, 0.1) is 0 Å². The number of carbonyl (C=O) groups excluding carboxylic acids is 2. The predicted octanol–water partition coefficient (Wildman–Crippen LogP) is 0.402. The third-order valence-corrected chi connectivity index (χ3v) is 2.15. The van der Waals surface area contributed by atoms with E-state index in [1.54, 1.807) is 13.8 Å². The molecule has 2 unspecified atom stereocenters. The van der Waals surface area contributed by atoms with Gasteiger partial charge in [0.1, 0.15) is 0 Å². The summed E-state index contributed by atoms with van der Waals surface area (Å²) in [6, 6.07) is -0.561. The normalized spacial score (nSPS) is 14.6. The molecule has 5 nitrogen and oxygen atoms in total. The molecule has 3 N–H and O–H groups in total. The van der Waals surface area contributed by atoms with Crippen molar-refractivity contribution in [2.45, 2.75) is 65.7 Å². The highest BCUT2D eigenvalue weighted by molar-refractivity contribution is 5.85. The van der Waals surface area contributed by atoms with Crippen molar-refractivity contribution in [1.82, 2.24) is 16.0 Å². The van der Waals surface area contributed by atoms with Crippen molar-refractivity contribution in [1.29, 1.82) is 0 Å². The third-order valence-electron chi connectivity index (χ3n) is 2.15. The monoisotopic (exact) mass is 243 g/mol. The molecule has 0 spiro atoms. The maximum absolute atomic E-state index is 11.6. The number of carbonyl (C=O) groups is 2. The first-order chi connectivity index (χ1) is 7.73. The number of rotatable bonds is 6. The molecule has 0 fully saturated rings. The van der Waals surface area contributed by atoms with Gasteiger partial charge in [-0.25, -0.2) is 0 Å². The molecule has 0 aromatic rings. The van der Waals surface area contributed by atoms with Crippen LogP contribution in [0.1, 0.15) is 41.5 Å². The smallest absolute Gasteiger partial charge is 0.237 e. The molecule has 2 atom stereocenters. The molecule has 5 heteroatoms. The molecule has 0 aliphatic heterocycles. The fraction of sp³-hybridized carbons (Fsp3) is 0.833. The van der Waals surface area contributed by atoms with Crippen LogP contribution in [0.5, 0.6) is 0 Å². The van der Waals surface area contributed by atoms with Gasteiger partial charge in [-0.15, -0.1) is 0 Å². The molecule has 0 saturated carbocycles. The maximum Gasteiger partial charge on any atom is 0.237 e. The molecule has 0 saturated heterocycles. The Hall–Kier alpha value is -1.10. The summed E-state index contributed by atoms with van der Waals surface area (Å²) >= 11 is 0. The summed E-state index contributed by atoms with van der Waals surface area (Å²) in [5.74, 6) is -0.187. The molecule has 100 valence electrons. The van der Waals surface area contributed by atoms with Crippen molar-refractivity contribution in [2.75, 3.05) is 0 Å². The van der Waals surface area contributed by atoms with Crippen molar-refractivity contribution >= 4 is 11.8 Å². The van der Waals surface area contributed by atoms with E-state index in [0.717, 1.165) is 0 Å². The second-order valence-corrected chi connectivity index (χ2v) is 4.94. The molecule has 0 heterocycles. The van der Waals surface area contributed by atoms with Crippen molar-refractivity contribution in [2.24, 2.45) is 0 Å². The summed E-state index contributed by atoms with van der Waals surface area (Å²) in [6.07, 6.45) is 0. The standard InChI is InChI=1S/C12H25N3O2/c1-7(2)13-11(16)9(5)15-10(6)12(17)14-8(3)4/h7-10,15H,1-6H3,(H,13,16)(H,14,17). The number of nitrogens with one attached hydrogen (secondary N) is 3. The van der Waals surface area contributed by atoms with Crippen molar-refractivity contribution < 1.29 is 9.59 Å². The highest BCUT2D eigenvalue weighted by atomic mass is 16.2. The van der Waals surface area contributed by atoms with E-state index in [1.165, 1.54) is 0 Å². The summed E-state index contributed by atoms with van der Waals surface area (Å²) in [5.41, 5.74) is 0. The molecule has 0 aromatic heterocycles. The highest BCUT2D eigenvalue weighted by Gasteiger charge is 2.20. The largest absolute Gasteiger partial charge is 0.353 e. The molecule has 0 rings (SSSR count). The van der Waals surface area contributed by atoms with Crippen LogP contribution in [0.3, 0.4) is 0 Å². The first kappa shape index (κ1) is 15.9. The zero-order chi connectivity index (χ0) is 13.6. The summed E-state index contributed by atoms with van der Waals surface area (Å²) < 4.78 is 0. The lowest BCUT2D eigenvalue weighted by molar-refractivity contribution is -0.125. The maximum atomic E-state index is 11.6. The molecule has 0 bridgehead atoms. The Kier molecular flexibility index (Phi) is 6.80. The fourth-order valence-corrected chi connectivity index (χ4v) is 1.35. The van der Waals surface area contributed by atoms with Gasteiger partial charge >= 0.3 is 0 Å². The van der Waals surface area contributed by atoms with Crippen molar-refractivity contribution in [3.05, 3.63) is 0 Å². The van der Waals surface area contributed by atoms with E-state index in [4.69, 9.17) is 0 Å². The Bertz CT molecular complexity index is 238.